The molecule has 0 fully saturated rings. The van der Waals surface area contributed by atoms with Crippen LogP contribution >= 0.6 is 7.82 Å². The van der Waals surface area contributed by atoms with E-state index in [1.165, 1.54) is 38.5 Å². The van der Waals surface area contributed by atoms with E-state index in [-0.39, 0.29) is 19.4 Å². The lowest BCUT2D eigenvalue weighted by Gasteiger charge is -2.20. The van der Waals surface area contributed by atoms with Gasteiger partial charge in [0.1, 0.15) is 12.7 Å². The number of phosphoric acid groups is 1. The van der Waals surface area contributed by atoms with Gasteiger partial charge in [-0.2, -0.15) is 0 Å². The van der Waals surface area contributed by atoms with E-state index in [0.29, 0.717) is 25.7 Å². The number of hydrogen-bond acceptors (Lipinski definition) is 10. The standard InChI is InChI=1S/C46H77O11P/c1-3-5-6-7-8-9-10-11-12-13-14-18-21-24-27-30-33-36-45(50)54-40-44(41-56-58(52,53)55-39-43(49)38-47)57-46(51)37-34-31-28-25-22-19-16-15-17-20-23-26-29-32-35-42(48)4-2/h8-9,11-12,16-17,19-20,25-26,28-29,32,35,42-44,47-49H,3-7,10,13-15,18,21-24,27,30-31,33-34,36-41H2,1-2H3,(H,52,53)/b9-8-,12-11-,19-16-,20-17-,28-25-,29-26-,35-32+/t42-,43+,44-/m1/s1. The number of aliphatic hydroxyl groups excluding tert-OH is 3. The second-order valence-corrected chi connectivity index (χ2v) is 15.6. The first kappa shape index (κ1) is 55.1. The van der Waals surface area contributed by atoms with Gasteiger partial charge in [-0.05, 0) is 77.0 Å². The Labute approximate surface area is 350 Å². The van der Waals surface area contributed by atoms with Gasteiger partial charge in [-0.15, -0.1) is 0 Å². The molecule has 0 aromatic rings. The number of unbranched alkanes of at least 4 members (excludes halogenated alkanes) is 11. The lowest BCUT2D eigenvalue weighted by molar-refractivity contribution is -0.161. The van der Waals surface area contributed by atoms with Crippen LogP contribution in [0.4, 0.5) is 0 Å². The molecule has 0 rings (SSSR count). The highest BCUT2D eigenvalue weighted by Gasteiger charge is 2.27. The molecule has 0 heterocycles. The molecule has 4 atom stereocenters. The van der Waals surface area contributed by atoms with Crippen LogP contribution < -0.4 is 0 Å². The van der Waals surface area contributed by atoms with E-state index in [1.807, 2.05) is 37.3 Å². The van der Waals surface area contributed by atoms with Crippen molar-refractivity contribution in [2.24, 2.45) is 0 Å². The van der Waals surface area contributed by atoms with Gasteiger partial charge in [0.25, 0.3) is 0 Å². The quantitative estimate of drug-likeness (QED) is 0.0153. The summed E-state index contributed by atoms with van der Waals surface area (Å²) < 4.78 is 32.6. The van der Waals surface area contributed by atoms with Crippen LogP contribution in [0.1, 0.15) is 149 Å². The summed E-state index contributed by atoms with van der Waals surface area (Å²) >= 11 is 0. The molecule has 0 amide bonds. The number of aliphatic hydroxyl groups is 3. The predicted octanol–water partition coefficient (Wildman–Crippen LogP) is 10.4. The molecule has 0 saturated heterocycles. The summed E-state index contributed by atoms with van der Waals surface area (Å²) in [5, 5.41) is 27.8. The first-order valence-electron chi connectivity index (χ1n) is 21.7. The van der Waals surface area contributed by atoms with Crippen LogP contribution in [-0.2, 0) is 32.7 Å². The molecule has 1 unspecified atom stereocenters. The maximum absolute atomic E-state index is 12.6. The summed E-state index contributed by atoms with van der Waals surface area (Å²) in [6.45, 7) is 1.92. The van der Waals surface area contributed by atoms with Gasteiger partial charge in [-0.3, -0.25) is 18.6 Å². The number of ether oxygens (including phenoxy) is 2. The predicted molar refractivity (Wildman–Crippen MR) is 234 cm³/mol. The van der Waals surface area contributed by atoms with E-state index in [2.05, 4.69) is 60.1 Å². The summed E-state index contributed by atoms with van der Waals surface area (Å²) in [5.41, 5.74) is 0. The normalized spacial score (nSPS) is 15.2. The van der Waals surface area contributed by atoms with Crippen LogP contribution in [0, 0.1) is 0 Å². The smallest absolute Gasteiger partial charge is 0.462 e. The van der Waals surface area contributed by atoms with Gasteiger partial charge in [0.05, 0.1) is 25.9 Å². The molecule has 0 saturated carbocycles. The van der Waals surface area contributed by atoms with Gasteiger partial charge >= 0.3 is 19.8 Å². The number of rotatable bonds is 39. The Hall–Kier alpha value is -2.89. The largest absolute Gasteiger partial charge is 0.472 e. The molecule has 0 spiro atoms. The number of phosphoric ester groups is 1. The van der Waals surface area contributed by atoms with E-state index < -0.39 is 57.9 Å². The monoisotopic (exact) mass is 837 g/mol. The average Bonchev–Trinajstić information content (AvgIpc) is 3.21. The van der Waals surface area contributed by atoms with Crippen molar-refractivity contribution in [2.75, 3.05) is 26.4 Å². The minimum absolute atomic E-state index is 0.0857. The molecule has 0 aromatic heterocycles. The number of esters is 2. The topological polar surface area (TPSA) is 169 Å². The van der Waals surface area contributed by atoms with Crippen LogP contribution in [0.25, 0.3) is 0 Å². The third-order valence-electron chi connectivity index (χ3n) is 8.69. The molecule has 0 aromatic carbocycles. The highest BCUT2D eigenvalue weighted by Crippen LogP contribution is 2.43. The van der Waals surface area contributed by atoms with Crippen molar-refractivity contribution in [3.63, 3.8) is 0 Å². The average molecular weight is 837 g/mol. The molecule has 0 radical (unpaired) electrons. The number of allylic oxidation sites excluding steroid dienone is 13. The zero-order valence-corrected chi connectivity index (χ0v) is 36.5. The lowest BCUT2D eigenvalue weighted by Crippen LogP contribution is -2.29. The third-order valence-corrected chi connectivity index (χ3v) is 9.64. The zero-order chi connectivity index (χ0) is 42.8. The maximum Gasteiger partial charge on any atom is 0.472 e. The van der Waals surface area contributed by atoms with E-state index >= 15 is 0 Å². The van der Waals surface area contributed by atoms with Crippen molar-refractivity contribution in [3.8, 4) is 0 Å². The van der Waals surface area contributed by atoms with Crippen LogP contribution in [0.3, 0.4) is 0 Å². The lowest BCUT2D eigenvalue weighted by atomic mass is 10.1. The fourth-order valence-corrected chi connectivity index (χ4v) is 5.98. The Kier molecular flexibility index (Phi) is 38.8. The SMILES string of the molecule is CCCCC/C=C\C/C=C\CCCCCCCCCC(=O)OC[C@H](COP(=O)(O)OC[C@@H](O)CO)OC(=O)CCC/C=C\C/C=C\C/C=C\C/C=C\C=C\[C@H](O)CC. The molecule has 332 valence electrons. The first-order valence-corrected chi connectivity index (χ1v) is 23.1. The fraction of sp³-hybridized carbons (Fsp3) is 0.652. The first-order chi connectivity index (χ1) is 28.1. The fourth-order valence-electron chi connectivity index (χ4n) is 5.19. The van der Waals surface area contributed by atoms with Crippen molar-refractivity contribution < 1.29 is 52.9 Å². The van der Waals surface area contributed by atoms with E-state index in [0.717, 1.165) is 57.8 Å². The Morgan fingerprint density at radius 3 is 1.67 bits per heavy atom. The number of hydrogen-bond donors (Lipinski definition) is 4. The van der Waals surface area contributed by atoms with Gasteiger partial charge in [0, 0.05) is 12.8 Å². The Bertz CT molecular complexity index is 1250. The summed E-state index contributed by atoms with van der Waals surface area (Å²) in [5.74, 6) is -1.03. The van der Waals surface area contributed by atoms with Crippen molar-refractivity contribution in [2.45, 2.75) is 167 Å². The maximum atomic E-state index is 12.6. The van der Waals surface area contributed by atoms with E-state index in [4.69, 9.17) is 19.1 Å². The van der Waals surface area contributed by atoms with Crippen LogP contribution in [0.2, 0.25) is 0 Å². The van der Waals surface area contributed by atoms with Crippen LogP contribution in [0.5, 0.6) is 0 Å². The number of carbonyl (C=O) groups is 2. The second kappa shape index (κ2) is 40.9. The molecule has 0 aliphatic rings. The second-order valence-electron chi connectivity index (χ2n) is 14.2. The minimum atomic E-state index is -4.65. The molecule has 58 heavy (non-hydrogen) atoms. The van der Waals surface area contributed by atoms with E-state index in [1.54, 1.807) is 6.08 Å². The van der Waals surface area contributed by atoms with Crippen LogP contribution in [0.15, 0.2) is 85.1 Å². The molecular formula is C46H77O11P. The van der Waals surface area contributed by atoms with Crippen molar-refractivity contribution in [1.82, 2.24) is 0 Å². The molecule has 0 aliphatic heterocycles. The van der Waals surface area contributed by atoms with Crippen molar-refractivity contribution >= 4 is 19.8 Å². The van der Waals surface area contributed by atoms with Gasteiger partial charge in [0.2, 0.25) is 0 Å². The molecule has 0 aliphatic carbocycles. The van der Waals surface area contributed by atoms with Gasteiger partial charge in [0.15, 0.2) is 6.10 Å². The Balaban J connectivity index is 4.44. The van der Waals surface area contributed by atoms with Gasteiger partial charge < -0.3 is 29.7 Å². The molecule has 0 bridgehead atoms. The van der Waals surface area contributed by atoms with E-state index in [9.17, 15) is 29.3 Å². The highest BCUT2D eigenvalue weighted by molar-refractivity contribution is 7.47. The summed E-state index contributed by atoms with van der Waals surface area (Å²) in [6.07, 6.45) is 45.0. The molecule has 11 nitrogen and oxygen atoms in total. The summed E-state index contributed by atoms with van der Waals surface area (Å²) in [4.78, 5) is 35.0. The Morgan fingerprint density at radius 1 is 0.586 bits per heavy atom. The third kappa shape index (κ3) is 39.9. The number of carbonyl (C=O) groups excluding carboxylic acids is 2. The summed E-state index contributed by atoms with van der Waals surface area (Å²) in [7, 11) is -4.65. The molecular weight excluding hydrogens is 759 g/mol. The summed E-state index contributed by atoms with van der Waals surface area (Å²) in [6, 6.07) is 0. The highest BCUT2D eigenvalue weighted by atomic mass is 31.2. The molecule has 4 N–H and O–H groups in total. The molecule has 12 heteroatoms. The van der Waals surface area contributed by atoms with Gasteiger partial charge in [-0.25, -0.2) is 4.57 Å². The van der Waals surface area contributed by atoms with Crippen molar-refractivity contribution in [3.05, 3.63) is 85.1 Å². The van der Waals surface area contributed by atoms with Crippen LogP contribution in [-0.4, -0.2) is 76.9 Å². The van der Waals surface area contributed by atoms with Crippen molar-refractivity contribution in [1.29, 1.82) is 0 Å². The Morgan fingerprint density at radius 2 is 1.09 bits per heavy atom. The van der Waals surface area contributed by atoms with Gasteiger partial charge in [-0.1, -0.05) is 144 Å². The minimum Gasteiger partial charge on any atom is -0.462 e. The zero-order valence-electron chi connectivity index (χ0n) is 35.6.